The van der Waals surface area contributed by atoms with E-state index in [0.29, 0.717) is 12.0 Å². The van der Waals surface area contributed by atoms with Crippen molar-refractivity contribution in [2.45, 2.75) is 6.42 Å². The minimum Gasteiger partial charge on any atom is -0.395 e. The van der Waals surface area contributed by atoms with Crippen molar-refractivity contribution in [2.75, 3.05) is 11.9 Å². The summed E-state index contributed by atoms with van der Waals surface area (Å²) in [5, 5.41) is 11.0. The average Bonchev–Trinajstić information content (AvgIpc) is 2.48. The van der Waals surface area contributed by atoms with Crippen molar-refractivity contribution in [1.29, 1.82) is 0 Å². The van der Waals surface area contributed by atoms with Gasteiger partial charge in [0.1, 0.15) is 5.82 Å². The second-order valence-corrected chi connectivity index (χ2v) is 4.00. The Morgan fingerprint density at radius 2 is 2.10 bits per heavy atom. The standard InChI is InChI=1S/C15H12FN3O2/c16-13-10-11(4-1-2-9-20)5-6-12(13)14(21)19-15-17-7-3-8-18-15/h3,5-8,10,20H,2,9H2,(H,17,18,19,21). The lowest BCUT2D eigenvalue weighted by Crippen LogP contribution is -2.15. The molecule has 1 amide bonds. The Hall–Kier alpha value is -2.78. The quantitative estimate of drug-likeness (QED) is 0.840. The van der Waals surface area contributed by atoms with E-state index in [-0.39, 0.29) is 18.1 Å². The zero-order chi connectivity index (χ0) is 15.1. The van der Waals surface area contributed by atoms with Crippen LogP contribution in [0.5, 0.6) is 0 Å². The van der Waals surface area contributed by atoms with Gasteiger partial charge in [-0.3, -0.25) is 10.1 Å². The third-order valence-electron chi connectivity index (χ3n) is 2.47. The van der Waals surface area contributed by atoms with E-state index < -0.39 is 11.7 Å². The van der Waals surface area contributed by atoms with Crippen LogP contribution in [0.4, 0.5) is 10.3 Å². The number of benzene rings is 1. The molecule has 0 saturated carbocycles. The number of aliphatic hydroxyl groups is 1. The Kier molecular flexibility index (Phi) is 4.96. The molecule has 5 nitrogen and oxygen atoms in total. The first-order valence-electron chi connectivity index (χ1n) is 6.18. The first-order chi connectivity index (χ1) is 10.2. The summed E-state index contributed by atoms with van der Waals surface area (Å²) in [6.45, 7) is -0.0486. The number of amides is 1. The number of rotatable bonds is 3. The molecule has 0 spiro atoms. The van der Waals surface area contributed by atoms with E-state index in [0.717, 1.165) is 0 Å². The number of hydrogen-bond acceptors (Lipinski definition) is 4. The first kappa shape index (κ1) is 14.6. The van der Waals surface area contributed by atoms with E-state index in [1.54, 1.807) is 6.07 Å². The van der Waals surface area contributed by atoms with E-state index in [4.69, 9.17) is 5.11 Å². The minimum absolute atomic E-state index is 0.0486. The van der Waals surface area contributed by atoms with Crippen molar-refractivity contribution in [3.05, 3.63) is 53.6 Å². The number of aromatic nitrogens is 2. The van der Waals surface area contributed by atoms with Gasteiger partial charge in [0.05, 0.1) is 12.2 Å². The Balaban J connectivity index is 2.14. The lowest BCUT2D eigenvalue weighted by atomic mass is 10.1. The Morgan fingerprint density at radius 1 is 1.33 bits per heavy atom. The molecule has 1 aromatic carbocycles. The third kappa shape index (κ3) is 4.09. The molecule has 0 aliphatic rings. The smallest absolute Gasteiger partial charge is 0.260 e. The van der Waals surface area contributed by atoms with Gasteiger partial charge in [-0.1, -0.05) is 11.8 Å². The fourth-order valence-electron chi connectivity index (χ4n) is 1.53. The van der Waals surface area contributed by atoms with Crippen LogP contribution in [0.2, 0.25) is 0 Å². The summed E-state index contributed by atoms with van der Waals surface area (Å²) in [7, 11) is 0. The zero-order valence-electron chi connectivity index (χ0n) is 11.0. The lowest BCUT2D eigenvalue weighted by molar-refractivity contribution is 0.102. The number of anilines is 1. The Labute approximate surface area is 120 Å². The van der Waals surface area contributed by atoms with Crippen molar-refractivity contribution < 1.29 is 14.3 Å². The third-order valence-corrected chi connectivity index (χ3v) is 2.47. The number of carbonyl (C=O) groups excluding carboxylic acids is 1. The van der Waals surface area contributed by atoms with Crippen LogP contribution in [0.3, 0.4) is 0 Å². The molecule has 0 aliphatic carbocycles. The van der Waals surface area contributed by atoms with Crippen LogP contribution in [0.15, 0.2) is 36.7 Å². The Morgan fingerprint density at radius 3 is 2.76 bits per heavy atom. The van der Waals surface area contributed by atoms with Gasteiger partial charge in [-0.2, -0.15) is 0 Å². The number of aliphatic hydroxyl groups excluding tert-OH is 1. The van der Waals surface area contributed by atoms with Crippen molar-refractivity contribution >= 4 is 11.9 Å². The maximum absolute atomic E-state index is 13.9. The average molecular weight is 285 g/mol. The van der Waals surface area contributed by atoms with Gasteiger partial charge in [0, 0.05) is 24.4 Å². The van der Waals surface area contributed by atoms with E-state index in [1.807, 2.05) is 0 Å². The molecule has 0 bridgehead atoms. The number of carbonyl (C=O) groups is 1. The van der Waals surface area contributed by atoms with Gasteiger partial charge in [0.25, 0.3) is 5.91 Å². The second kappa shape index (κ2) is 7.12. The topological polar surface area (TPSA) is 75.1 Å². The van der Waals surface area contributed by atoms with Gasteiger partial charge >= 0.3 is 0 Å². The summed E-state index contributed by atoms with van der Waals surface area (Å²) >= 11 is 0. The van der Waals surface area contributed by atoms with Crippen LogP contribution in [0, 0.1) is 17.7 Å². The molecule has 0 saturated heterocycles. The van der Waals surface area contributed by atoms with Gasteiger partial charge in [-0.25, -0.2) is 14.4 Å². The van der Waals surface area contributed by atoms with Crippen LogP contribution >= 0.6 is 0 Å². The second-order valence-electron chi connectivity index (χ2n) is 4.00. The molecule has 0 radical (unpaired) electrons. The molecular formula is C15H12FN3O2. The van der Waals surface area contributed by atoms with Gasteiger partial charge < -0.3 is 5.11 Å². The van der Waals surface area contributed by atoms with Crippen LogP contribution in [-0.2, 0) is 0 Å². The number of hydrogen-bond donors (Lipinski definition) is 2. The highest BCUT2D eigenvalue weighted by atomic mass is 19.1. The summed E-state index contributed by atoms with van der Waals surface area (Å²) < 4.78 is 13.9. The van der Waals surface area contributed by atoms with Crippen LogP contribution in [0.1, 0.15) is 22.3 Å². The molecule has 0 fully saturated rings. The fraction of sp³-hybridized carbons (Fsp3) is 0.133. The highest BCUT2D eigenvalue weighted by molar-refractivity contribution is 6.03. The molecule has 0 aliphatic heterocycles. The maximum Gasteiger partial charge on any atom is 0.260 e. The predicted molar refractivity (Wildman–Crippen MR) is 75.0 cm³/mol. The summed E-state index contributed by atoms with van der Waals surface area (Å²) in [4.78, 5) is 19.6. The molecule has 1 heterocycles. The first-order valence-corrected chi connectivity index (χ1v) is 6.18. The number of halogens is 1. The molecule has 106 valence electrons. The zero-order valence-corrected chi connectivity index (χ0v) is 11.0. The molecule has 2 N–H and O–H groups in total. The predicted octanol–water partition coefficient (Wildman–Crippen LogP) is 1.60. The summed E-state index contributed by atoms with van der Waals surface area (Å²) in [6.07, 6.45) is 3.26. The van der Waals surface area contributed by atoms with Crippen molar-refractivity contribution in [3.8, 4) is 11.8 Å². The molecule has 2 aromatic rings. The molecule has 2 rings (SSSR count). The summed E-state index contributed by atoms with van der Waals surface area (Å²) in [6, 6.07) is 5.66. The highest BCUT2D eigenvalue weighted by Crippen LogP contribution is 2.11. The van der Waals surface area contributed by atoms with Crippen LogP contribution in [0.25, 0.3) is 0 Å². The molecule has 6 heteroatoms. The van der Waals surface area contributed by atoms with Crippen molar-refractivity contribution in [1.82, 2.24) is 9.97 Å². The van der Waals surface area contributed by atoms with E-state index in [9.17, 15) is 9.18 Å². The Bertz CT molecular complexity index is 693. The molecule has 0 atom stereocenters. The van der Waals surface area contributed by atoms with Crippen molar-refractivity contribution in [2.24, 2.45) is 0 Å². The summed E-state index contributed by atoms with van der Waals surface area (Å²) in [5.74, 6) is 4.17. The lowest BCUT2D eigenvalue weighted by Gasteiger charge is -2.04. The van der Waals surface area contributed by atoms with E-state index in [2.05, 4.69) is 27.1 Å². The van der Waals surface area contributed by atoms with Crippen molar-refractivity contribution in [3.63, 3.8) is 0 Å². The molecule has 0 unspecified atom stereocenters. The molecule has 21 heavy (non-hydrogen) atoms. The largest absolute Gasteiger partial charge is 0.395 e. The van der Waals surface area contributed by atoms with E-state index in [1.165, 1.54) is 30.6 Å². The van der Waals surface area contributed by atoms with Gasteiger partial charge in [-0.05, 0) is 24.3 Å². The summed E-state index contributed by atoms with van der Waals surface area (Å²) in [5.41, 5.74) is 0.323. The normalized spacial score (nSPS) is 9.62. The fourth-order valence-corrected chi connectivity index (χ4v) is 1.53. The maximum atomic E-state index is 13.9. The monoisotopic (exact) mass is 285 g/mol. The van der Waals surface area contributed by atoms with Gasteiger partial charge in [0.2, 0.25) is 5.95 Å². The minimum atomic E-state index is -0.681. The number of nitrogens with one attached hydrogen (secondary N) is 1. The van der Waals surface area contributed by atoms with Gasteiger partial charge in [0.15, 0.2) is 0 Å². The molecule has 1 aromatic heterocycles. The SMILES string of the molecule is O=C(Nc1ncccn1)c1ccc(C#CCCO)cc1F. The van der Waals surface area contributed by atoms with Crippen LogP contribution in [-0.4, -0.2) is 27.6 Å². The van der Waals surface area contributed by atoms with E-state index >= 15 is 0 Å². The number of nitrogens with zero attached hydrogens (tertiary/aromatic N) is 2. The molecular weight excluding hydrogens is 273 g/mol. The van der Waals surface area contributed by atoms with Crippen LogP contribution < -0.4 is 5.32 Å². The highest BCUT2D eigenvalue weighted by Gasteiger charge is 2.13. The van der Waals surface area contributed by atoms with Gasteiger partial charge in [-0.15, -0.1) is 0 Å².